The van der Waals surface area contributed by atoms with Crippen LogP contribution < -0.4 is 4.74 Å². The quantitative estimate of drug-likeness (QED) is 0.354. The molecule has 1 saturated heterocycles. The molecule has 0 saturated carbocycles. The summed E-state index contributed by atoms with van der Waals surface area (Å²) in [7, 11) is 0. The summed E-state index contributed by atoms with van der Waals surface area (Å²) in [5, 5.41) is 18.7. The molecule has 1 aromatic rings. The zero-order valence-corrected chi connectivity index (χ0v) is 17.1. The minimum absolute atomic E-state index is 0.149. The zero-order chi connectivity index (χ0) is 20.8. The molecule has 9 heteroatoms. The minimum atomic E-state index is -1.75. The lowest BCUT2D eigenvalue weighted by Crippen LogP contribution is -2.48. The number of carboxylic acid groups (broad SMARTS) is 2. The van der Waals surface area contributed by atoms with Crippen LogP contribution >= 0.6 is 24.0 Å². The minimum Gasteiger partial charge on any atom is -0.493 e. The molecular formula is C19H21NO6S2. The van der Waals surface area contributed by atoms with Crippen molar-refractivity contribution in [1.29, 1.82) is 0 Å². The molecule has 1 amide bonds. The van der Waals surface area contributed by atoms with Crippen LogP contribution in [0.4, 0.5) is 0 Å². The number of para-hydroxylation sites is 1. The lowest BCUT2D eigenvalue weighted by Gasteiger charge is -2.29. The van der Waals surface area contributed by atoms with Crippen LogP contribution in [-0.2, 0) is 14.4 Å². The van der Waals surface area contributed by atoms with Crippen molar-refractivity contribution in [1.82, 2.24) is 4.90 Å². The molecule has 1 aromatic carbocycles. The summed E-state index contributed by atoms with van der Waals surface area (Å²) >= 11 is 6.31. The number of carboxylic acids is 2. The van der Waals surface area contributed by atoms with E-state index >= 15 is 0 Å². The second-order valence-corrected chi connectivity index (χ2v) is 7.71. The Labute approximate surface area is 172 Å². The Morgan fingerprint density at radius 1 is 1.25 bits per heavy atom. The van der Waals surface area contributed by atoms with E-state index in [2.05, 4.69) is 0 Å². The van der Waals surface area contributed by atoms with Crippen molar-refractivity contribution in [2.75, 3.05) is 6.61 Å². The first-order valence-corrected chi connectivity index (χ1v) is 9.98. The summed E-state index contributed by atoms with van der Waals surface area (Å²) in [5.74, 6) is -4.63. The SMILES string of the molecule is CCCC(C(C(=O)O)C(=O)O)N1C(=O)/C(=C\c2ccccc2OCC)SC1=S. The van der Waals surface area contributed by atoms with Gasteiger partial charge in [-0.2, -0.15) is 0 Å². The second kappa shape index (κ2) is 9.70. The number of carbonyl (C=O) groups is 3. The summed E-state index contributed by atoms with van der Waals surface area (Å²) in [6.07, 6.45) is 2.34. The van der Waals surface area contributed by atoms with Gasteiger partial charge in [-0.05, 0) is 25.5 Å². The first-order valence-electron chi connectivity index (χ1n) is 8.76. The fourth-order valence-electron chi connectivity index (χ4n) is 2.97. The third-order valence-corrected chi connectivity index (χ3v) is 5.49. The van der Waals surface area contributed by atoms with E-state index in [1.807, 2.05) is 13.0 Å². The maximum absolute atomic E-state index is 13.0. The van der Waals surface area contributed by atoms with Crippen LogP contribution in [-0.4, -0.2) is 49.9 Å². The topological polar surface area (TPSA) is 104 Å². The normalized spacial score (nSPS) is 16.7. The van der Waals surface area contributed by atoms with Gasteiger partial charge in [-0.25, -0.2) is 0 Å². The fraction of sp³-hybridized carbons (Fsp3) is 0.368. The number of hydrogen-bond donors (Lipinski definition) is 2. The number of amides is 1. The van der Waals surface area contributed by atoms with Crippen LogP contribution in [0.25, 0.3) is 6.08 Å². The smallest absolute Gasteiger partial charge is 0.320 e. The van der Waals surface area contributed by atoms with Crippen molar-refractivity contribution in [3.05, 3.63) is 34.7 Å². The van der Waals surface area contributed by atoms with Gasteiger partial charge in [-0.15, -0.1) is 0 Å². The van der Waals surface area contributed by atoms with Gasteiger partial charge < -0.3 is 14.9 Å². The monoisotopic (exact) mass is 423 g/mol. The third-order valence-electron chi connectivity index (χ3n) is 4.16. The molecule has 1 aliphatic rings. The average Bonchev–Trinajstić information content (AvgIpc) is 2.89. The molecule has 0 aliphatic carbocycles. The molecule has 1 atom stereocenters. The first kappa shape index (κ1) is 21.9. The van der Waals surface area contributed by atoms with Gasteiger partial charge in [0, 0.05) is 5.56 Å². The van der Waals surface area contributed by atoms with Crippen molar-refractivity contribution >= 4 is 52.2 Å². The number of aliphatic carboxylic acids is 2. The molecular weight excluding hydrogens is 402 g/mol. The standard InChI is InChI=1S/C19H21NO6S2/c1-3-7-12(15(17(22)23)18(24)25)20-16(21)14(28-19(20)27)10-11-8-5-6-9-13(11)26-4-2/h5-6,8-10,12,15H,3-4,7H2,1-2H3,(H,22,23)(H,24,25)/b14-10+. The Bertz CT molecular complexity index is 808. The Morgan fingerprint density at radius 2 is 1.89 bits per heavy atom. The number of hydrogen-bond acceptors (Lipinski definition) is 6. The maximum atomic E-state index is 13.0. The number of thiocarbonyl (C=S) groups is 1. The molecule has 0 aromatic heterocycles. The molecule has 1 fully saturated rings. The summed E-state index contributed by atoms with van der Waals surface area (Å²) in [6.45, 7) is 4.10. The second-order valence-electron chi connectivity index (χ2n) is 6.03. The summed E-state index contributed by atoms with van der Waals surface area (Å²) < 4.78 is 5.71. The van der Waals surface area contributed by atoms with Crippen LogP contribution in [0.15, 0.2) is 29.2 Å². The molecule has 150 valence electrons. The van der Waals surface area contributed by atoms with E-state index in [0.29, 0.717) is 29.2 Å². The fourth-order valence-corrected chi connectivity index (χ4v) is 4.33. The number of thioether (sulfide) groups is 1. The molecule has 0 spiro atoms. The van der Waals surface area contributed by atoms with Gasteiger partial charge in [0.1, 0.15) is 10.1 Å². The van der Waals surface area contributed by atoms with Crippen LogP contribution in [0.5, 0.6) is 5.75 Å². The highest BCUT2D eigenvalue weighted by Gasteiger charge is 2.45. The van der Waals surface area contributed by atoms with Crippen molar-refractivity contribution in [3.8, 4) is 5.75 Å². The Hall–Kier alpha value is -2.39. The molecule has 0 bridgehead atoms. The molecule has 1 unspecified atom stereocenters. The lowest BCUT2D eigenvalue weighted by molar-refractivity contribution is -0.157. The Balaban J connectivity index is 2.41. The molecule has 1 aliphatic heterocycles. The Kier molecular flexibility index (Phi) is 7.59. The highest BCUT2D eigenvalue weighted by Crippen LogP contribution is 2.37. The van der Waals surface area contributed by atoms with Crippen molar-refractivity contribution < 1.29 is 29.3 Å². The lowest BCUT2D eigenvalue weighted by atomic mass is 9.94. The largest absolute Gasteiger partial charge is 0.493 e. The van der Waals surface area contributed by atoms with E-state index in [0.717, 1.165) is 16.7 Å². The van der Waals surface area contributed by atoms with E-state index in [4.69, 9.17) is 17.0 Å². The summed E-state index contributed by atoms with van der Waals surface area (Å²) in [5.41, 5.74) is 0.685. The van der Waals surface area contributed by atoms with Gasteiger partial charge >= 0.3 is 11.9 Å². The molecule has 28 heavy (non-hydrogen) atoms. The zero-order valence-electron chi connectivity index (χ0n) is 15.5. The van der Waals surface area contributed by atoms with Gasteiger partial charge in [-0.3, -0.25) is 19.3 Å². The van der Waals surface area contributed by atoms with Gasteiger partial charge in [0.15, 0.2) is 5.92 Å². The highest BCUT2D eigenvalue weighted by atomic mass is 32.2. The molecule has 2 rings (SSSR count). The van der Waals surface area contributed by atoms with E-state index in [9.17, 15) is 24.6 Å². The van der Waals surface area contributed by atoms with Crippen molar-refractivity contribution in [2.24, 2.45) is 5.92 Å². The molecule has 0 radical (unpaired) electrons. The number of ether oxygens (including phenoxy) is 1. The van der Waals surface area contributed by atoms with Crippen LogP contribution in [0.3, 0.4) is 0 Å². The van der Waals surface area contributed by atoms with Gasteiger partial charge in [0.2, 0.25) is 0 Å². The predicted molar refractivity (Wildman–Crippen MR) is 110 cm³/mol. The van der Waals surface area contributed by atoms with Gasteiger partial charge in [0.05, 0.1) is 17.6 Å². The summed E-state index contributed by atoms with van der Waals surface area (Å²) in [4.78, 5) is 37.4. The number of rotatable bonds is 9. The molecule has 2 N–H and O–H groups in total. The van der Waals surface area contributed by atoms with Crippen LogP contribution in [0, 0.1) is 5.92 Å². The maximum Gasteiger partial charge on any atom is 0.320 e. The van der Waals surface area contributed by atoms with Crippen molar-refractivity contribution in [3.63, 3.8) is 0 Å². The number of benzene rings is 1. The number of nitrogens with zero attached hydrogens (tertiary/aromatic N) is 1. The Morgan fingerprint density at radius 3 is 2.46 bits per heavy atom. The van der Waals surface area contributed by atoms with Gasteiger partial charge in [-0.1, -0.05) is 55.5 Å². The molecule has 7 nitrogen and oxygen atoms in total. The van der Waals surface area contributed by atoms with Crippen molar-refractivity contribution in [2.45, 2.75) is 32.7 Å². The van der Waals surface area contributed by atoms with Crippen LogP contribution in [0.1, 0.15) is 32.3 Å². The van der Waals surface area contributed by atoms with E-state index in [1.54, 1.807) is 31.2 Å². The third kappa shape index (κ3) is 4.71. The van der Waals surface area contributed by atoms with E-state index in [1.165, 1.54) is 0 Å². The predicted octanol–water partition coefficient (Wildman–Crippen LogP) is 3.24. The molecule has 1 heterocycles. The first-order chi connectivity index (χ1) is 13.3. The average molecular weight is 424 g/mol. The number of carbonyl (C=O) groups excluding carboxylic acids is 1. The van der Waals surface area contributed by atoms with Gasteiger partial charge in [0.25, 0.3) is 5.91 Å². The van der Waals surface area contributed by atoms with E-state index < -0.39 is 29.8 Å². The van der Waals surface area contributed by atoms with E-state index in [-0.39, 0.29) is 10.7 Å². The highest BCUT2D eigenvalue weighted by molar-refractivity contribution is 8.26. The summed E-state index contributed by atoms with van der Waals surface area (Å²) in [6, 6.07) is 6.13. The van der Waals surface area contributed by atoms with Crippen LogP contribution in [0.2, 0.25) is 0 Å².